The molecule has 1 saturated heterocycles. The van der Waals surface area contributed by atoms with Crippen molar-refractivity contribution in [1.29, 1.82) is 0 Å². The third kappa shape index (κ3) is 5.92. The third-order valence-corrected chi connectivity index (χ3v) is 3.27. The monoisotopic (exact) mass is 250 g/mol. The maximum Gasteiger partial charge on any atom is 0.315 e. The van der Waals surface area contributed by atoms with Crippen LogP contribution in [0, 0.1) is 0 Å². The Hall–Kier alpha value is -0.820. The molecule has 2 N–H and O–H groups in total. The summed E-state index contributed by atoms with van der Waals surface area (Å²) < 4.78 is 26.7. The molecule has 1 heterocycles. The first kappa shape index (κ1) is 13.2. The van der Waals surface area contributed by atoms with Gasteiger partial charge < -0.3 is 15.4 Å². The SMILES string of the molecule is CS(=O)(=O)CCCNC(=O)NC1CCOC1. The molecule has 0 aromatic heterocycles. The highest BCUT2D eigenvalue weighted by atomic mass is 32.2. The van der Waals surface area contributed by atoms with Gasteiger partial charge in [-0.3, -0.25) is 0 Å². The summed E-state index contributed by atoms with van der Waals surface area (Å²) in [6.45, 7) is 1.60. The fourth-order valence-electron chi connectivity index (χ4n) is 1.42. The number of hydrogen-bond acceptors (Lipinski definition) is 4. The van der Waals surface area contributed by atoms with Gasteiger partial charge >= 0.3 is 6.03 Å². The number of carbonyl (C=O) groups excluding carboxylic acids is 1. The van der Waals surface area contributed by atoms with Gasteiger partial charge in [-0.1, -0.05) is 0 Å². The standard InChI is InChI=1S/C9H18N2O4S/c1-16(13,14)6-2-4-10-9(12)11-8-3-5-15-7-8/h8H,2-7H2,1H3,(H2,10,11,12). The van der Waals surface area contributed by atoms with Crippen LogP contribution in [0.5, 0.6) is 0 Å². The first-order valence-corrected chi connectivity index (χ1v) is 7.33. The molecule has 1 fully saturated rings. The highest BCUT2D eigenvalue weighted by molar-refractivity contribution is 7.90. The van der Waals surface area contributed by atoms with Crippen LogP contribution in [0.25, 0.3) is 0 Å². The van der Waals surface area contributed by atoms with Crippen molar-refractivity contribution in [1.82, 2.24) is 10.6 Å². The van der Waals surface area contributed by atoms with Gasteiger partial charge in [0.25, 0.3) is 0 Å². The Labute approximate surface area is 95.7 Å². The van der Waals surface area contributed by atoms with Crippen LogP contribution in [0.1, 0.15) is 12.8 Å². The van der Waals surface area contributed by atoms with E-state index in [1.54, 1.807) is 0 Å². The molecule has 7 heteroatoms. The molecule has 0 aromatic rings. The zero-order chi connectivity index (χ0) is 12.0. The first-order valence-electron chi connectivity index (χ1n) is 5.27. The molecule has 1 rings (SSSR count). The summed E-state index contributed by atoms with van der Waals surface area (Å²) in [4.78, 5) is 11.3. The molecule has 1 aliphatic rings. The summed E-state index contributed by atoms with van der Waals surface area (Å²) in [6, 6.07) is -0.182. The van der Waals surface area contributed by atoms with E-state index in [2.05, 4.69) is 10.6 Å². The number of amides is 2. The van der Waals surface area contributed by atoms with E-state index in [0.717, 1.165) is 6.42 Å². The molecule has 1 atom stereocenters. The van der Waals surface area contributed by atoms with Gasteiger partial charge in [-0.15, -0.1) is 0 Å². The van der Waals surface area contributed by atoms with Crippen molar-refractivity contribution in [3.05, 3.63) is 0 Å². The number of sulfone groups is 1. The Morgan fingerprint density at radius 1 is 1.50 bits per heavy atom. The lowest BCUT2D eigenvalue weighted by Gasteiger charge is -2.11. The minimum absolute atomic E-state index is 0.0786. The fraction of sp³-hybridized carbons (Fsp3) is 0.889. The number of carbonyl (C=O) groups is 1. The highest BCUT2D eigenvalue weighted by Crippen LogP contribution is 2.02. The van der Waals surface area contributed by atoms with Gasteiger partial charge in [-0.2, -0.15) is 0 Å². The number of nitrogens with one attached hydrogen (secondary N) is 2. The lowest BCUT2D eigenvalue weighted by Crippen LogP contribution is -2.42. The van der Waals surface area contributed by atoms with E-state index >= 15 is 0 Å². The van der Waals surface area contributed by atoms with Crippen molar-refractivity contribution in [3.63, 3.8) is 0 Å². The van der Waals surface area contributed by atoms with Gasteiger partial charge in [-0.05, 0) is 12.8 Å². The van der Waals surface area contributed by atoms with Gasteiger partial charge in [-0.25, -0.2) is 13.2 Å². The number of hydrogen-bond donors (Lipinski definition) is 2. The average Bonchev–Trinajstić information content (AvgIpc) is 2.63. The smallest absolute Gasteiger partial charge is 0.315 e. The first-order chi connectivity index (χ1) is 7.47. The topological polar surface area (TPSA) is 84.5 Å². The van der Waals surface area contributed by atoms with Crippen molar-refractivity contribution in [3.8, 4) is 0 Å². The van der Waals surface area contributed by atoms with E-state index < -0.39 is 9.84 Å². The molecule has 1 aliphatic heterocycles. The molecule has 0 saturated carbocycles. The Morgan fingerprint density at radius 2 is 2.25 bits per heavy atom. The summed E-state index contributed by atoms with van der Waals surface area (Å²) in [5.74, 6) is 0.0970. The molecule has 0 bridgehead atoms. The molecule has 0 radical (unpaired) electrons. The van der Waals surface area contributed by atoms with Gasteiger partial charge in [0.1, 0.15) is 9.84 Å². The molecular formula is C9H18N2O4S. The maximum atomic E-state index is 11.3. The average molecular weight is 250 g/mol. The Morgan fingerprint density at radius 3 is 2.81 bits per heavy atom. The van der Waals surface area contributed by atoms with Crippen molar-refractivity contribution in [2.24, 2.45) is 0 Å². The molecule has 0 aromatic carbocycles. The number of urea groups is 1. The maximum absolute atomic E-state index is 11.3. The van der Waals surface area contributed by atoms with Gasteiger partial charge in [0.15, 0.2) is 0 Å². The Bertz CT molecular complexity index is 322. The quantitative estimate of drug-likeness (QED) is 0.645. The van der Waals surface area contributed by atoms with Gasteiger partial charge in [0.2, 0.25) is 0 Å². The largest absolute Gasteiger partial charge is 0.379 e. The third-order valence-electron chi connectivity index (χ3n) is 2.24. The predicted octanol–water partition coefficient (Wildman–Crippen LogP) is -0.491. The van der Waals surface area contributed by atoms with E-state index in [0.29, 0.717) is 26.2 Å². The summed E-state index contributed by atoms with van der Waals surface area (Å²) >= 11 is 0. The number of rotatable bonds is 5. The summed E-state index contributed by atoms with van der Waals surface area (Å²) in [5, 5.41) is 5.36. The lowest BCUT2D eigenvalue weighted by atomic mass is 10.3. The van der Waals surface area contributed by atoms with E-state index in [4.69, 9.17) is 4.74 Å². The molecule has 2 amide bonds. The predicted molar refractivity (Wildman–Crippen MR) is 60.1 cm³/mol. The van der Waals surface area contributed by atoms with Crippen LogP contribution in [0.4, 0.5) is 4.79 Å². The normalized spacial score (nSPS) is 20.7. The minimum atomic E-state index is -2.94. The second-order valence-electron chi connectivity index (χ2n) is 3.94. The zero-order valence-corrected chi connectivity index (χ0v) is 10.2. The zero-order valence-electron chi connectivity index (χ0n) is 9.36. The van der Waals surface area contributed by atoms with Crippen molar-refractivity contribution in [2.75, 3.05) is 31.8 Å². The second kappa shape index (κ2) is 6.05. The van der Waals surface area contributed by atoms with Gasteiger partial charge in [0.05, 0.1) is 18.4 Å². The summed E-state index contributed by atoms with van der Waals surface area (Å²) in [6.07, 6.45) is 2.45. The number of ether oxygens (including phenoxy) is 1. The molecular weight excluding hydrogens is 232 g/mol. The summed E-state index contributed by atoms with van der Waals surface area (Å²) in [7, 11) is -2.94. The van der Waals surface area contributed by atoms with Crippen LogP contribution in [0.3, 0.4) is 0 Å². The minimum Gasteiger partial charge on any atom is -0.379 e. The molecule has 0 spiro atoms. The van der Waals surface area contributed by atoms with Crippen LogP contribution >= 0.6 is 0 Å². The highest BCUT2D eigenvalue weighted by Gasteiger charge is 2.17. The second-order valence-corrected chi connectivity index (χ2v) is 6.20. The molecule has 16 heavy (non-hydrogen) atoms. The van der Waals surface area contributed by atoms with Crippen LogP contribution in [0.2, 0.25) is 0 Å². The van der Waals surface area contributed by atoms with Crippen LogP contribution < -0.4 is 10.6 Å². The fourth-order valence-corrected chi connectivity index (χ4v) is 2.09. The molecule has 94 valence electrons. The van der Waals surface area contributed by atoms with Crippen molar-refractivity contribution >= 4 is 15.9 Å². The Balaban J connectivity index is 2.06. The van der Waals surface area contributed by atoms with Crippen molar-refractivity contribution in [2.45, 2.75) is 18.9 Å². The molecule has 1 unspecified atom stereocenters. The van der Waals surface area contributed by atoms with Crippen LogP contribution in [-0.4, -0.2) is 52.3 Å². The van der Waals surface area contributed by atoms with E-state index in [1.807, 2.05) is 0 Å². The van der Waals surface area contributed by atoms with Crippen molar-refractivity contribution < 1.29 is 17.9 Å². The van der Waals surface area contributed by atoms with E-state index in [-0.39, 0.29) is 17.8 Å². The van der Waals surface area contributed by atoms with E-state index in [1.165, 1.54) is 6.26 Å². The Kier molecular flexibility index (Phi) is 5.01. The lowest BCUT2D eigenvalue weighted by molar-refractivity contribution is 0.188. The summed E-state index contributed by atoms with van der Waals surface area (Å²) in [5.41, 5.74) is 0. The molecule has 6 nitrogen and oxygen atoms in total. The van der Waals surface area contributed by atoms with Crippen LogP contribution in [0.15, 0.2) is 0 Å². The van der Waals surface area contributed by atoms with E-state index in [9.17, 15) is 13.2 Å². The molecule has 0 aliphatic carbocycles. The van der Waals surface area contributed by atoms with Crippen LogP contribution in [-0.2, 0) is 14.6 Å². The van der Waals surface area contributed by atoms with Gasteiger partial charge in [0, 0.05) is 19.4 Å².